The molecule has 0 radical (unpaired) electrons. The van der Waals surface area contributed by atoms with Gasteiger partial charge in [-0.1, -0.05) is 29.8 Å². The Bertz CT molecular complexity index is 1120. The number of benzene rings is 3. The standard InChI is InChI=1S/C26H27ClN2O4S/c1-32-23-12-7-18(17-24(23)33-2)13-15-28-26(31)21-5-3-4-6-22(21)29-25(30)14-16-34-20-10-8-19(27)9-11-20/h3-12,17H,13-16H2,1-2H3,(H,28,31)(H,29,30). The number of thioether (sulfide) groups is 1. The number of rotatable bonds is 11. The fourth-order valence-corrected chi connectivity index (χ4v) is 4.22. The van der Waals surface area contributed by atoms with E-state index in [2.05, 4.69) is 10.6 Å². The summed E-state index contributed by atoms with van der Waals surface area (Å²) in [5.74, 6) is 1.53. The zero-order chi connectivity index (χ0) is 24.3. The molecule has 0 atom stereocenters. The van der Waals surface area contributed by atoms with Crippen LogP contribution in [0.4, 0.5) is 5.69 Å². The Balaban J connectivity index is 1.51. The Morgan fingerprint density at radius 3 is 2.41 bits per heavy atom. The molecule has 0 aliphatic rings. The van der Waals surface area contributed by atoms with Crippen molar-refractivity contribution in [3.05, 3.63) is 82.9 Å². The van der Waals surface area contributed by atoms with Crippen molar-refractivity contribution in [2.75, 3.05) is 31.8 Å². The number of ether oxygens (including phenoxy) is 2. The minimum Gasteiger partial charge on any atom is -0.493 e. The van der Waals surface area contributed by atoms with E-state index in [-0.39, 0.29) is 11.8 Å². The minimum atomic E-state index is -0.244. The Hall–Kier alpha value is -3.16. The van der Waals surface area contributed by atoms with E-state index in [4.69, 9.17) is 21.1 Å². The summed E-state index contributed by atoms with van der Waals surface area (Å²) >= 11 is 7.47. The average Bonchev–Trinajstić information content (AvgIpc) is 2.85. The molecular weight excluding hydrogens is 472 g/mol. The van der Waals surface area contributed by atoms with Crippen LogP contribution in [0, 0.1) is 0 Å². The zero-order valence-corrected chi connectivity index (χ0v) is 20.7. The lowest BCUT2D eigenvalue weighted by Crippen LogP contribution is -2.27. The van der Waals surface area contributed by atoms with E-state index >= 15 is 0 Å². The van der Waals surface area contributed by atoms with E-state index in [1.807, 2.05) is 42.5 Å². The summed E-state index contributed by atoms with van der Waals surface area (Å²) in [6.45, 7) is 0.439. The van der Waals surface area contributed by atoms with Gasteiger partial charge >= 0.3 is 0 Å². The SMILES string of the molecule is COc1ccc(CCNC(=O)c2ccccc2NC(=O)CCSc2ccc(Cl)cc2)cc1OC. The van der Waals surface area contributed by atoms with Gasteiger partial charge in [0.15, 0.2) is 11.5 Å². The summed E-state index contributed by atoms with van der Waals surface area (Å²) < 4.78 is 10.6. The van der Waals surface area contributed by atoms with E-state index in [1.54, 1.807) is 50.2 Å². The van der Waals surface area contributed by atoms with Gasteiger partial charge in [-0.3, -0.25) is 9.59 Å². The van der Waals surface area contributed by atoms with Crippen LogP contribution in [-0.4, -0.2) is 38.3 Å². The van der Waals surface area contributed by atoms with E-state index in [0.717, 1.165) is 10.5 Å². The quantitative estimate of drug-likeness (QED) is 0.344. The maximum atomic E-state index is 12.8. The highest BCUT2D eigenvalue weighted by molar-refractivity contribution is 7.99. The number of carbonyl (C=O) groups excluding carboxylic acids is 2. The van der Waals surface area contributed by atoms with Gasteiger partial charge in [-0.15, -0.1) is 11.8 Å². The van der Waals surface area contributed by atoms with Crippen LogP contribution in [0.5, 0.6) is 11.5 Å². The molecule has 0 bridgehead atoms. The van der Waals surface area contributed by atoms with Crippen molar-refractivity contribution >= 4 is 40.9 Å². The topological polar surface area (TPSA) is 76.7 Å². The van der Waals surface area contributed by atoms with Gasteiger partial charge in [0.2, 0.25) is 5.91 Å². The molecular formula is C26H27ClN2O4S. The number of hydrogen-bond acceptors (Lipinski definition) is 5. The first-order valence-electron chi connectivity index (χ1n) is 10.8. The first-order chi connectivity index (χ1) is 16.5. The molecule has 34 heavy (non-hydrogen) atoms. The summed E-state index contributed by atoms with van der Waals surface area (Å²) in [5, 5.41) is 6.46. The Morgan fingerprint density at radius 1 is 0.941 bits per heavy atom. The molecule has 8 heteroatoms. The van der Waals surface area contributed by atoms with Gasteiger partial charge in [0, 0.05) is 28.6 Å². The number of hydrogen-bond donors (Lipinski definition) is 2. The van der Waals surface area contributed by atoms with Gasteiger partial charge in [-0.05, 0) is 60.5 Å². The lowest BCUT2D eigenvalue weighted by molar-refractivity contribution is -0.115. The summed E-state index contributed by atoms with van der Waals surface area (Å²) in [4.78, 5) is 26.3. The van der Waals surface area contributed by atoms with Crippen LogP contribution in [-0.2, 0) is 11.2 Å². The molecule has 3 aromatic rings. The zero-order valence-electron chi connectivity index (χ0n) is 19.1. The van der Waals surface area contributed by atoms with E-state index in [9.17, 15) is 9.59 Å². The molecule has 0 aliphatic heterocycles. The molecule has 2 N–H and O–H groups in total. The summed E-state index contributed by atoms with van der Waals surface area (Å²) in [7, 11) is 3.18. The maximum absolute atomic E-state index is 12.8. The van der Waals surface area contributed by atoms with Crippen molar-refractivity contribution in [1.82, 2.24) is 5.32 Å². The molecule has 0 unspecified atom stereocenters. The smallest absolute Gasteiger partial charge is 0.253 e. The summed E-state index contributed by atoms with van der Waals surface area (Å²) in [6.07, 6.45) is 0.949. The van der Waals surface area contributed by atoms with Gasteiger partial charge < -0.3 is 20.1 Å². The molecule has 0 saturated heterocycles. The normalized spacial score (nSPS) is 10.4. The molecule has 0 saturated carbocycles. The van der Waals surface area contributed by atoms with Crippen LogP contribution >= 0.6 is 23.4 Å². The number of carbonyl (C=O) groups is 2. The number of para-hydroxylation sites is 1. The molecule has 0 spiro atoms. The number of halogens is 1. The maximum Gasteiger partial charge on any atom is 0.253 e. The molecule has 178 valence electrons. The fourth-order valence-electron chi connectivity index (χ4n) is 3.25. The lowest BCUT2D eigenvalue weighted by atomic mass is 10.1. The predicted molar refractivity (Wildman–Crippen MR) is 137 cm³/mol. The van der Waals surface area contributed by atoms with Crippen LogP contribution in [0.2, 0.25) is 5.02 Å². The van der Waals surface area contributed by atoms with Gasteiger partial charge in [0.25, 0.3) is 5.91 Å². The van der Waals surface area contributed by atoms with Crippen molar-refractivity contribution < 1.29 is 19.1 Å². The van der Waals surface area contributed by atoms with Crippen molar-refractivity contribution in [3.63, 3.8) is 0 Å². The van der Waals surface area contributed by atoms with Gasteiger partial charge in [-0.2, -0.15) is 0 Å². The molecule has 2 amide bonds. The van der Waals surface area contributed by atoms with Gasteiger partial charge in [0.1, 0.15) is 0 Å². The van der Waals surface area contributed by atoms with E-state index in [0.29, 0.717) is 52.9 Å². The lowest BCUT2D eigenvalue weighted by Gasteiger charge is -2.12. The second-order valence-corrected chi connectivity index (χ2v) is 8.95. The Kier molecular flexibility index (Phi) is 9.67. The third-order valence-corrected chi connectivity index (χ3v) is 6.27. The molecule has 6 nitrogen and oxygen atoms in total. The number of amides is 2. The number of nitrogens with one attached hydrogen (secondary N) is 2. The third kappa shape index (κ3) is 7.43. The largest absolute Gasteiger partial charge is 0.493 e. The first kappa shape index (κ1) is 25.5. The van der Waals surface area contributed by atoms with Crippen LogP contribution in [0.1, 0.15) is 22.3 Å². The summed E-state index contributed by atoms with van der Waals surface area (Å²) in [6, 6.07) is 20.1. The summed E-state index contributed by atoms with van der Waals surface area (Å²) in [5.41, 5.74) is 1.93. The third-order valence-electron chi connectivity index (χ3n) is 5.00. The highest BCUT2D eigenvalue weighted by Gasteiger charge is 2.13. The Labute approximate surface area is 209 Å². The molecule has 0 heterocycles. The minimum absolute atomic E-state index is 0.146. The van der Waals surface area contributed by atoms with Crippen molar-refractivity contribution in [2.24, 2.45) is 0 Å². The Morgan fingerprint density at radius 2 is 1.68 bits per heavy atom. The predicted octanol–water partition coefficient (Wildman–Crippen LogP) is 5.45. The number of anilines is 1. The van der Waals surface area contributed by atoms with E-state index < -0.39 is 0 Å². The fraction of sp³-hybridized carbons (Fsp3) is 0.231. The molecule has 0 aromatic heterocycles. The van der Waals surface area contributed by atoms with Crippen LogP contribution in [0.15, 0.2) is 71.6 Å². The van der Waals surface area contributed by atoms with Gasteiger partial charge in [-0.25, -0.2) is 0 Å². The van der Waals surface area contributed by atoms with Gasteiger partial charge in [0.05, 0.1) is 25.5 Å². The van der Waals surface area contributed by atoms with Crippen LogP contribution < -0.4 is 20.1 Å². The van der Waals surface area contributed by atoms with Crippen molar-refractivity contribution in [1.29, 1.82) is 0 Å². The van der Waals surface area contributed by atoms with Crippen molar-refractivity contribution in [2.45, 2.75) is 17.7 Å². The molecule has 3 aromatic carbocycles. The molecule has 0 fully saturated rings. The second-order valence-electron chi connectivity index (χ2n) is 7.34. The molecule has 0 aliphatic carbocycles. The highest BCUT2D eigenvalue weighted by atomic mass is 35.5. The van der Waals surface area contributed by atoms with Crippen molar-refractivity contribution in [3.8, 4) is 11.5 Å². The van der Waals surface area contributed by atoms with Crippen LogP contribution in [0.25, 0.3) is 0 Å². The monoisotopic (exact) mass is 498 g/mol. The average molecular weight is 499 g/mol. The highest BCUT2D eigenvalue weighted by Crippen LogP contribution is 2.27. The van der Waals surface area contributed by atoms with E-state index in [1.165, 1.54) is 0 Å². The molecule has 3 rings (SSSR count). The first-order valence-corrected chi connectivity index (χ1v) is 12.1. The second kappa shape index (κ2) is 12.9. The van der Waals surface area contributed by atoms with Crippen LogP contribution in [0.3, 0.4) is 0 Å². The number of methoxy groups -OCH3 is 2.